The third kappa shape index (κ3) is 1.94. The van der Waals surface area contributed by atoms with Crippen LogP contribution in [0.15, 0.2) is 24.8 Å². The molecule has 3 aliphatic heterocycles. The quantitative estimate of drug-likeness (QED) is 0.557. The Hall–Kier alpha value is -1.66. The van der Waals surface area contributed by atoms with Crippen LogP contribution < -0.4 is 0 Å². The molecule has 0 aromatic rings. The van der Waals surface area contributed by atoms with Crippen LogP contribution in [0.25, 0.3) is 0 Å². The van der Waals surface area contributed by atoms with Crippen molar-refractivity contribution >= 4 is 11.9 Å². The summed E-state index contributed by atoms with van der Waals surface area (Å²) in [6, 6.07) is -0.190. The molecule has 22 heavy (non-hydrogen) atoms. The highest BCUT2D eigenvalue weighted by Gasteiger charge is 2.70. The smallest absolute Gasteiger partial charge is 0.310 e. The summed E-state index contributed by atoms with van der Waals surface area (Å²) >= 11 is 0. The van der Waals surface area contributed by atoms with Gasteiger partial charge in [-0.3, -0.25) is 9.59 Å². The van der Waals surface area contributed by atoms with Crippen molar-refractivity contribution < 1.29 is 24.2 Å². The predicted octanol–water partition coefficient (Wildman–Crippen LogP) is 0.834. The van der Waals surface area contributed by atoms with Gasteiger partial charge >= 0.3 is 5.97 Å². The molecule has 1 N–H and O–H groups in total. The third-order valence-electron chi connectivity index (χ3n) is 4.95. The molecule has 1 amide bonds. The van der Waals surface area contributed by atoms with Gasteiger partial charge in [0.2, 0.25) is 5.91 Å². The van der Waals surface area contributed by atoms with E-state index in [4.69, 9.17) is 9.47 Å². The first kappa shape index (κ1) is 15.2. The Morgan fingerprint density at radius 3 is 3.05 bits per heavy atom. The highest BCUT2D eigenvalue weighted by molar-refractivity contribution is 5.91. The summed E-state index contributed by atoms with van der Waals surface area (Å²) in [5, 5.41) is 9.49. The maximum atomic E-state index is 12.8. The van der Waals surface area contributed by atoms with E-state index in [9.17, 15) is 14.7 Å². The minimum absolute atomic E-state index is 0.123. The van der Waals surface area contributed by atoms with Crippen LogP contribution in [0.3, 0.4) is 0 Å². The number of nitrogens with zero attached hydrogens (tertiary/aromatic N) is 1. The summed E-state index contributed by atoms with van der Waals surface area (Å²) in [5.74, 6) is -2.52. The number of hydrogen-bond donors (Lipinski definition) is 1. The number of likely N-dealkylation sites (tertiary alicyclic amines) is 1. The maximum absolute atomic E-state index is 12.8. The largest absolute Gasteiger partial charge is 0.481 e. The molecule has 2 bridgehead atoms. The molecule has 0 aliphatic carbocycles. The molecule has 0 radical (unpaired) electrons. The fourth-order valence-corrected chi connectivity index (χ4v) is 4.12. The lowest BCUT2D eigenvalue weighted by molar-refractivity contribution is -0.148. The number of aliphatic carboxylic acids is 1. The van der Waals surface area contributed by atoms with Gasteiger partial charge in [0.15, 0.2) is 0 Å². The molecule has 6 heteroatoms. The van der Waals surface area contributed by atoms with Gasteiger partial charge in [0.05, 0.1) is 18.1 Å². The van der Waals surface area contributed by atoms with Crippen LogP contribution in [0.2, 0.25) is 0 Å². The minimum Gasteiger partial charge on any atom is -0.481 e. The Labute approximate surface area is 129 Å². The van der Waals surface area contributed by atoms with Crippen molar-refractivity contribution in [3.05, 3.63) is 24.8 Å². The summed E-state index contributed by atoms with van der Waals surface area (Å²) in [6.45, 7) is 4.87. The molecule has 0 aromatic carbocycles. The number of hydrogen-bond acceptors (Lipinski definition) is 4. The maximum Gasteiger partial charge on any atom is 0.310 e. The van der Waals surface area contributed by atoms with Gasteiger partial charge in [-0.1, -0.05) is 18.2 Å². The number of carboxylic acids is 1. The van der Waals surface area contributed by atoms with Crippen LogP contribution in [-0.4, -0.2) is 59.9 Å². The van der Waals surface area contributed by atoms with E-state index in [-0.39, 0.29) is 11.9 Å². The molecular weight excluding hydrogens is 286 g/mol. The van der Waals surface area contributed by atoms with Gasteiger partial charge < -0.3 is 19.5 Å². The summed E-state index contributed by atoms with van der Waals surface area (Å²) in [7, 11) is 1.62. The van der Waals surface area contributed by atoms with E-state index in [1.54, 1.807) is 24.2 Å². The first-order chi connectivity index (χ1) is 10.6. The van der Waals surface area contributed by atoms with E-state index in [0.717, 1.165) is 0 Å². The van der Waals surface area contributed by atoms with Crippen LogP contribution in [0.4, 0.5) is 0 Å². The van der Waals surface area contributed by atoms with Gasteiger partial charge in [-0.25, -0.2) is 0 Å². The topological polar surface area (TPSA) is 76.1 Å². The average molecular weight is 307 g/mol. The van der Waals surface area contributed by atoms with Crippen molar-refractivity contribution in [3.8, 4) is 0 Å². The monoisotopic (exact) mass is 307 g/mol. The van der Waals surface area contributed by atoms with Crippen molar-refractivity contribution in [2.45, 2.75) is 30.6 Å². The van der Waals surface area contributed by atoms with Gasteiger partial charge in [0, 0.05) is 20.3 Å². The van der Waals surface area contributed by atoms with Gasteiger partial charge in [-0.15, -0.1) is 6.58 Å². The number of carbonyl (C=O) groups excluding carboxylic acids is 1. The molecule has 0 unspecified atom stereocenters. The van der Waals surface area contributed by atoms with E-state index < -0.39 is 29.5 Å². The van der Waals surface area contributed by atoms with E-state index in [1.165, 1.54) is 0 Å². The molecule has 0 aromatic heterocycles. The lowest BCUT2D eigenvalue weighted by Gasteiger charge is -2.32. The molecule has 3 aliphatic rings. The van der Waals surface area contributed by atoms with Crippen molar-refractivity contribution in [2.24, 2.45) is 11.8 Å². The van der Waals surface area contributed by atoms with E-state index in [1.807, 2.05) is 6.08 Å². The Morgan fingerprint density at radius 2 is 2.41 bits per heavy atom. The van der Waals surface area contributed by atoms with Crippen LogP contribution in [0, 0.1) is 11.8 Å². The zero-order valence-corrected chi connectivity index (χ0v) is 12.6. The first-order valence-corrected chi connectivity index (χ1v) is 7.57. The summed E-state index contributed by atoms with van der Waals surface area (Å²) in [6.07, 6.45) is 6.24. The number of methoxy groups -OCH3 is 1. The lowest BCUT2D eigenvalue weighted by atomic mass is 9.74. The van der Waals surface area contributed by atoms with Crippen molar-refractivity contribution in [2.75, 3.05) is 20.3 Å². The second-order valence-electron chi connectivity index (χ2n) is 6.05. The number of rotatable bonds is 7. The SMILES string of the molecule is C=CC[C@H]1N(CCCOC)C(=O)[C@H]2[C@@H](C(=O)O)[C@@H]3C=C[C@@]21O3. The molecule has 1 spiro atoms. The Kier molecular flexibility index (Phi) is 3.82. The zero-order valence-electron chi connectivity index (χ0n) is 12.6. The molecule has 2 saturated heterocycles. The van der Waals surface area contributed by atoms with Crippen LogP contribution in [-0.2, 0) is 19.1 Å². The standard InChI is InChI=1S/C16H21NO5/c1-3-5-11-16-7-6-10(22-16)12(15(19)20)13(16)14(18)17(11)8-4-9-21-2/h3,6-7,10-13H,1,4-5,8-9H2,2H3,(H,19,20)/t10-,11+,12-,13+,16-/m0/s1. The second kappa shape index (κ2) is 5.52. The van der Waals surface area contributed by atoms with E-state index in [2.05, 4.69) is 6.58 Å². The number of carbonyl (C=O) groups is 2. The van der Waals surface area contributed by atoms with Gasteiger partial charge in [0.1, 0.15) is 11.5 Å². The first-order valence-electron chi connectivity index (χ1n) is 7.57. The van der Waals surface area contributed by atoms with E-state index >= 15 is 0 Å². The van der Waals surface area contributed by atoms with Crippen LogP contribution >= 0.6 is 0 Å². The molecule has 2 fully saturated rings. The number of ether oxygens (including phenoxy) is 2. The third-order valence-corrected chi connectivity index (χ3v) is 4.95. The van der Waals surface area contributed by atoms with Crippen molar-refractivity contribution in [3.63, 3.8) is 0 Å². The van der Waals surface area contributed by atoms with E-state index in [0.29, 0.717) is 26.0 Å². The second-order valence-corrected chi connectivity index (χ2v) is 6.05. The Balaban J connectivity index is 1.92. The van der Waals surface area contributed by atoms with Crippen molar-refractivity contribution in [1.82, 2.24) is 4.90 Å². The molecule has 5 atom stereocenters. The average Bonchev–Trinajstić information content (AvgIpc) is 3.11. The number of carboxylic acid groups (broad SMARTS) is 1. The number of amides is 1. The Bertz CT molecular complexity index is 531. The highest BCUT2D eigenvalue weighted by Crippen LogP contribution is 2.55. The lowest BCUT2D eigenvalue weighted by Crippen LogP contribution is -2.45. The summed E-state index contributed by atoms with van der Waals surface area (Å²) in [5.41, 5.74) is -0.813. The number of fused-ring (bicyclic) bond motifs is 1. The highest BCUT2D eigenvalue weighted by atomic mass is 16.5. The normalized spacial score (nSPS) is 38.6. The van der Waals surface area contributed by atoms with Crippen LogP contribution in [0.5, 0.6) is 0 Å². The predicted molar refractivity (Wildman–Crippen MR) is 78.2 cm³/mol. The molecule has 120 valence electrons. The summed E-state index contributed by atoms with van der Waals surface area (Å²) in [4.78, 5) is 26.2. The van der Waals surface area contributed by atoms with Crippen molar-refractivity contribution in [1.29, 1.82) is 0 Å². The minimum atomic E-state index is -0.967. The van der Waals surface area contributed by atoms with Crippen LogP contribution in [0.1, 0.15) is 12.8 Å². The molecule has 3 rings (SSSR count). The van der Waals surface area contributed by atoms with Gasteiger partial charge in [0.25, 0.3) is 0 Å². The molecular formula is C16H21NO5. The zero-order chi connectivity index (χ0) is 15.9. The Morgan fingerprint density at radius 1 is 1.64 bits per heavy atom. The molecule has 0 saturated carbocycles. The van der Waals surface area contributed by atoms with Gasteiger partial charge in [-0.2, -0.15) is 0 Å². The molecule has 3 heterocycles. The molecule has 6 nitrogen and oxygen atoms in total. The van der Waals surface area contributed by atoms with Gasteiger partial charge in [-0.05, 0) is 12.8 Å². The fraction of sp³-hybridized carbons (Fsp3) is 0.625. The summed E-state index contributed by atoms with van der Waals surface area (Å²) < 4.78 is 11.0. The fourth-order valence-electron chi connectivity index (χ4n) is 4.12.